The number of piperidine rings is 1. The average Bonchev–Trinajstić information content (AvgIpc) is 2.96. The van der Waals surface area contributed by atoms with Crippen LogP contribution in [-0.4, -0.2) is 53.3 Å². The summed E-state index contributed by atoms with van der Waals surface area (Å²) in [6.07, 6.45) is 0.500. The summed E-state index contributed by atoms with van der Waals surface area (Å²) in [6, 6.07) is 26.1. The predicted molar refractivity (Wildman–Crippen MR) is 146 cm³/mol. The molecule has 4 aromatic rings. The molecular formula is C30H30N4O4. The van der Waals surface area contributed by atoms with Crippen LogP contribution in [0.15, 0.2) is 84.9 Å². The fraction of sp³-hybridized carbons (Fsp3) is 0.233. The lowest BCUT2D eigenvalue weighted by Gasteiger charge is -2.31. The van der Waals surface area contributed by atoms with Crippen LogP contribution >= 0.6 is 0 Å². The van der Waals surface area contributed by atoms with Gasteiger partial charge in [-0.3, -0.25) is 15.1 Å². The number of rotatable bonds is 5. The second-order valence-corrected chi connectivity index (χ2v) is 9.31. The number of hydrogen-bond donors (Lipinski definition) is 2. The Hall–Kier alpha value is -4.27. The smallest absolute Gasteiger partial charge is 0.433 e. The number of ether oxygens (including phenoxy) is 1. The van der Waals surface area contributed by atoms with Gasteiger partial charge < -0.3 is 9.84 Å². The molecule has 1 aliphatic rings. The number of nitrogens with zero attached hydrogens (tertiary/aromatic N) is 3. The van der Waals surface area contributed by atoms with Crippen LogP contribution in [0.1, 0.15) is 28.8 Å². The van der Waals surface area contributed by atoms with Gasteiger partial charge in [-0.25, -0.2) is 9.78 Å². The van der Waals surface area contributed by atoms with Gasteiger partial charge in [-0.05, 0) is 37.6 Å². The van der Waals surface area contributed by atoms with Gasteiger partial charge in [0.05, 0.1) is 35.7 Å². The highest BCUT2D eigenvalue weighted by atomic mass is 16.5. The minimum absolute atomic E-state index is 0.414. The predicted octanol–water partition coefficient (Wildman–Crippen LogP) is 4.78. The summed E-state index contributed by atoms with van der Waals surface area (Å²) in [6.45, 7) is 1.74. The zero-order valence-corrected chi connectivity index (χ0v) is 21.2. The molecule has 1 aliphatic heterocycles. The number of hydrazine groups is 1. The maximum atomic E-state index is 14.1. The van der Waals surface area contributed by atoms with Crippen molar-refractivity contribution in [2.24, 2.45) is 0 Å². The van der Waals surface area contributed by atoms with Crippen molar-refractivity contribution in [3.05, 3.63) is 96.1 Å². The highest BCUT2D eigenvalue weighted by Gasteiger charge is 2.28. The number of β-amino-alcohol motifs (C(OH)–C–C–N with tert-alkyl or cyclic N) is 1. The number of nitrogens with one attached hydrogen (secondary N) is 1. The molecule has 194 valence electrons. The second-order valence-electron chi connectivity index (χ2n) is 9.31. The molecule has 1 saturated heterocycles. The Labute approximate surface area is 221 Å². The third-order valence-corrected chi connectivity index (χ3v) is 6.71. The number of carbonyl (C=O) groups excluding carboxylic acids is 2. The summed E-state index contributed by atoms with van der Waals surface area (Å²) < 4.78 is 4.97. The molecule has 0 saturated carbocycles. The molecule has 0 bridgehead atoms. The SMILES string of the molecule is COC(=O)N(NC(=O)c1c(CN2CCCC(O)C2)c(-c2ccccc2)nc2ccccc12)c1ccccc1. The minimum atomic E-state index is -0.716. The van der Waals surface area contributed by atoms with Gasteiger partial charge in [-0.2, -0.15) is 5.01 Å². The van der Waals surface area contributed by atoms with E-state index in [2.05, 4.69) is 10.3 Å². The number of fused-ring (bicyclic) bond motifs is 1. The molecule has 3 aromatic carbocycles. The van der Waals surface area contributed by atoms with Crippen LogP contribution < -0.4 is 10.4 Å². The number of aromatic nitrogens is 1. The summed E-state index contributed by atoms with van der Waals surface area (Å²) in [5, 5.41) is 12.1. The van der Waals surface area contributed by atoms with E-state index in [4.69, 9.17) is 9.72 Å². The van der Waals surface area contributed by atoms with Gasteiger partial charge in [-0.1, -0.05) is 66.7 Å². The number of methoxy groups -OCH3 is 1. The lowest BCUT2D eigenvalue weighted by molar-refractivity contribution is 0.0666. The fourth-order valence-electron chi connectivity index (χ4n) is 4.94. The number of likely N-dealkylation sites (tertiary alicyclic amines) is 1. The monoisotopic (exact) mass is 510 g/mol. The molecule has 38 heavy (non-hydrogen) atoms. The van der Waals surface area contributed by atoms with E-state index in [9.17, 15) is 14.7 Å². The minimum Gasteiger partial charge on any atom is -0.451 e. The lowest BCUT2D eigenvalue weighted by Crippen LogP contribution is -2.47. The van der Waals surface area contributed by atoms with Crippen molar-refractivity contribution in [2.75, 3.05) is 25.2 Å². The van der Waals surface area contributed by atoms with E-state index >= 15 is 0 Å². The van der Waals surface area contributed by atoms with Crippen LogP contribution in [0.5, 0.6) is 0 Å². The molecule has 1 atom stereocenters. The molecule has 0 spiro atoms. The van der Waals surface area contributed by atoms with Crippen LogP contribution in [0.25, 0.3) is 22.2 Å². The number of hydrogen-bond acceptors (Lipinski definition) is 6. The van der Waals surface area contributed by atoms with Crippen molar-refractivity contribution in [3.8, 4) is 11.3 Å². The first-order valence-corrected chi connectivity index (χ1v) is 12.7. The first-order chi connectivity index (χ1) is 18.5. The molecule has 1 unspecified atom stereocenters. The van der Waals surface area contributed by atoms with Crippen molar-refractivity contribution >= 4 is 28.6 Å². The number of carbonyl (C=O) groups is 2. The summed E-state index contributed by atoms with van der Waals surface area (Å²) in [4.78, 5) is 34.0. The number of amides is 2. The molecule has 5 rings (SSSR count). The largest absolute Gasteiger partial charge is 0.451 e. The molecule has 2 amide bonds. The highest BCUT2D eigenvalue weighted by molar-refractivity contribution is 6.10. The number of anilines is 1. The quantitative estimate of drug-likeness (QED) is 0.376. The van der Waals surface area contributed by atoms with Gasteiger partial charge in [0.15, 0.2) is 0 Å². The van der Waals surface area contributed by atoms with Gasteiger partial charge >= 0.3 is 6.09 Å². The van der Waals surface area contributed by atoms with E-state index in [1.165, 1.54) is 7.11 Å². The maximum absolute atomic E-state index is 14.1. The molecule has 0 aliphatic carbocycles. The molecule has 2 heterocycles. The number of para-hydroxylation sites is 2. The molecule has 2 N–H and O–H groups in total. The number of aliphatic hydroxyl groups excluding tert-OH is 1. The Balaban J connectivity index is 1.66. The summed E-state index contributed by atoms with van der Waals surface area (Å²) >= 11 is 0. The Morgan fingerprint density at radius 1 is 1.03 bits per heavy atom. The third kappa shape index (κ3) is 5.37. The van der Waals surface area contributed by atoms with E-state index in [0.29, 0.717) is 40.9 Å². The topological polar surface area (TPSA) is 95.0 Å². The number of benzene rings is 3. The van der Waals surface area contributed by atoms with Crippen molar-refractivity contribution in [1.29, 1.82) is 0 Å². The first-order valence-electron chi connectivity index (χ1n) is 12.7. The van der Waals surface area contributed by atoms with Gasteiger partial charge in [-0.15, -0.1) is 0 Å². The molecule has 0 radical (unpaired) electrons. The van der Waals surface area contributed by atoms with Crippen LogP contribution in [0.4, 0.5) is 10.5 Å². The Morgan fingerprint density at radius 2 is 1.71 bits per heavy atom. The zero-order valence-electron chi connectivity index (χ0n) is 21.2. The van der Waals surface area contributed by atoms with Gasteiger partial charge in [0.25, 0.3) is 5.91 Å². The number of pyridine rings is 1. The Kier molecular flexibility index (Phi) is 7.62. The normalized spacial score (nSPS) is 15.7. The van der Waals surface area contributed by atoms with Gasteiger partial charge in [0.2, 0.25) is 0 Å². The van der Waals surface area contributed by atoms with Crippen molar-refractivity contribution in [2.45, 2.75) is 25.5 Å². The molecule has 8 nitrogen and oxygen atoms in total. The van der Waals surface area contributed by atoms with E-state index in [1.807, 2.05) is 60.7 Å². The number of aliphatic hydroxyl groups is 1. The van der Waals surface area contributed by atoms with E-state index < -0.39 is 18.1 Å². The van der Waals surface area contributed by atoms with Crippen LogP contribution in [0, 0.1) is 0 Å². The third-order valence-electron chi connectivity index (χ3n) is 6.71. The zero-order chi connectivity index (χ0) is 26.5. The van der Waals surface area contributed by atoms with E-state index in [0.717, 1.165) is 35.5 Å². The summed E-state index contributed by atoms with van der Waals surface area (Å²) in [5.41, 5.74) is 6.66. The summed E-state index contributed by atoms with van der Waals surface area (Å²) in [7, 11) is 1.27. The van der Waals surface area contributed by atoms with Crippen molar-refractivity contribution < 1.29 is 19.4 Å². The van der Waals surface area contributed by atoms with Crippen LogP contribution in [-0.2, 0) is 11.3 Å². The molecule has 1 aromatic heterocycles. The summed E-state index contributed by atoms with van der Waals surface area (Å²) in [5.74, 6) is -0.456. The van der Waals surface area contributed by atoms with E-state index in [-0.39, 0.29) is 0 Å². The highest BCUT2D eigenvalue weighted by Crippen LogP contribution is 2.32. The van der Waals surface area contributed by atoms with Crippen molar-refractivity contribution in [3.63, 3.8) is 0 Å². The maximum Gasteiger partial charge on any atom is 0.433 e. The van der Waals surface area contributed by atoms with Crippen LogP contribution in [0.3, 0.4) is 0 Å². The van der Waals surface area contributed by atoms with Crippen LogP contribution in [0.2, 0.25) is 0 Å². The molecule has 8 heteroatoms. The first kappa shape index (κ1) is 25.4. The van der Waals surface area contributed by atoms with Gasteiger partial charge in [0.1, 0.15) is 0 Å². The molecule has 1 fully saturated rings. The lowest BCUT2D eigenvalue weighted by atomic mass is 9.95. The fourth-order valence-corrected chi connectivity index (χ4v) is 4.94. The average molecular weight is 511 g/mol. The van der Waals surface area contributed by atoms with Gasteiger partial charge in [0, 0.05) is 29.6 Å². The Morgan fingerprint density at radius 3 is 2.42 bits per heavy atom. The molecular weight excluding hydrogens is 480 g/mol. The standard InChI is InChI=1S/C30H30N4O4/c1-38-30(37)34(22-13-6-3-7-14-22)32-29(36)27-24-16-8-9-17-26(24)31-28(21-11-4-2-5-12-21)25(27)20-33-18-10-15-23(35)19-33/h2-9,11-14,16-17,23,35H,10,15,18-20H2,1H3,(H,32,36). The van der Waals surface area contributed by atoms with Crippen molar-refractivity contribution in [1.82, 2.24) is 15.3 Å². The Bertz CT molecular complexity index is 1430. The van der Waals surface area contributed by atoms with E-state index in [1.54, 1.807) is 24.3 Å². The second kappa shape index (κ2) is 11.4.